The van der Waals surface area contributed by atoms with Gasteiger partial charge in [-0.25, -0.2) is 4.98 Å². The zero-order valence-electron chi connectivity index (χ0n) is 25.4. The lowest BCUT2D eigenvalue weighted by molar-refractivity contribution is -0.125. The number of amides is 3. The van der Waals surface area contributed by atoms with E-state index in [-0.39, 0.29) is 41.1 Å². The highest BCUT2D eigenvalue weighted by atomic mass is 33.1. The Labute approximate surface area is 264 Å². The highest BCUT2D eigenvalue weighted by Gasteiger charge is 2.23. The Kier molecular flexibility index (Phi) is 19.2. The maximum Gasteiger partial charge on any atom is 0.237 e. The minimum Gasteiger partial charge on any atom is -0.355 e. The SMILES string of the molecule is CC(C)CCNC(C)(C)CC(=O)NCNC(=O)CCNC(CCSS)C(=O)NCCC(C)(C)SSc1ccccn1. The van der Waals surface area contributed by atoms with Crippen LogP contribution in [0.2, 0.25) is 0 Å². The molecule has 1 unspecified atom stereocenters. The summed E-state index contributed by atoms with van der Waals surface area (Å²) in [6.45, 7) is 14.5. The van der Waals surface area contributed by atoms with Crippen molar-refractivity contribution in [2.45, 2.75) is 95.0 Å². The molecule has 13 heteroatoms. The fourth-order valence-electron chi connectivity index (χ4n) is 3.62. The third-order valence-corrected chi connectivity index (χ3v) is 10.3. The van der Waals surface area contributed by atoms with E-state index >= 15 is 0 Å². The van der Waals surface area contributed by atoms with Gasteiger partial charge in [0.1, 0.15) is 5.03 Å². The topological polar surface area (TPSA) is 124 Å². The van der Waals surface area contributed by atoms with Crippen molar-refractivity contribution in [2.24, 2.45) is 5.92 Å². The van der Waals surface area contributed by atoms with Crippen LogP contribution >= 0.6 is 44.0 Å². The molecule has 41 heavy (non-hydrogen) atoms. The maximum atomic E-state index is 12.9. The molecule has 0 aliphatic carbocycles. The van der Waals surface area contributed by atoms with E-state index in [4.69, 9.17) is 0 Å². The summed E-state index contributed by atoms with van der Waals surface area (Å²) in [6.07, 6.45) is 4.76. The van der Waals surface area contributed by atoms with Gasteiger partial charge in [-0.2, -0.15) is 0 Å². The van der Waals surface area contributed by atoms with Crippen molar-refractivity contribution in [3.8, 4) is 0 Å². The first kappa shape index (κ1) is 37.9. The Morgan fingerprint density at radius 3 is 2.37 bits per heavy atom. The van der Waals surface area contributed by atoms with Crippen LogP contribution in [-0.2, 0) is 14.4 Å². The minimum absolute atomic E-state index is 0.0487. The van der Waals surface area contributed by atoms with E-state index in [2.05, 4.69) is 70.9 Å². The Bertz CT molecular complexity index is 906. The number of hydrogen-bond acceptors (Lipinski definition) is 10. The average Bonchev–Trinajstić information content (AvgIpc) is 2.89. The molecular formula is C28H50N6O3S4. The zero-order valence-corrected chi connectivity index (χ0v) is 28.7. The van der Waals surface area contributed by atoms with Gasteiger partial charge < -0.3 is 26.6 Å². The monoisotopic (exact) mass is 646 g/mol. The Hall–Kier alpha value is -1.12. The second kappa shape index (κ2) is 20.7. The van der Waals surface area contributed by atoms with Crippen molar-refractivity contribution in [2.75, 3.05) is 32.1 Å². The summed E-state index contributed by atoms with van der Waals surface area (Å²) in [5, 5.41) is 16.1. The van der Waals surface area contributed by atoms with Gasteiger partial charge in [-0.3, -0.25) is 14.4 Å². The lowest BCUT2D eigenvalue weighted by Crippen LogP contribution is -2.47. The summed E-state index contributed by atoms with van der Waals surface area (Å²) in [4.78, 5) is 41.8. The zero-order chi connectivity index (χ0) is 30.7. The van der Waals surface area contributed by atoms with Crippen molar-refractivity contribution in [3.63, 3.8) is 0 Å². The molecular weight excluding hydrogens is 597 g/mol. The van der Waals surface area contributed by atoms with Gasteiger partial charge in [0.15, 0.2) is 0 Å². The van der Waals surface area contributed by atoms with E-state index in [1.165, 1.54) is 10.8 Å². The summed E-state index contributed by atoms with van der Waals surface area (Å²) in [6, 6.07) is 5.44. The molecule has 0 aromatic carbocycles. The predicted molar refractivity (Wildman–Crippen MR) is 179 cm³/mol. The van der Waals surface area contributed by atoms with Gasteiger partial charge in [0.25, 0.3) is 0 Å². The number of nitrogens with zero attached hydrogens (tertiary/aromatic N) is 1. The lowest BCUT2D eigenvalue weighted by atomic mass is 9.99. The first-order chi connectivity index (χ1) is 19.3. The summed E-state index contributed by atoms with van der Waals surface area (Å²) in [7, 11) is 4.75. The lowest BCUT2D eigenvalue weighted by Gasteiger charge is -2.26. The molecule has 0 spiro atoms. The van der Waals surface area contributed by atoms with Crippen molar-refractivity contribution in [3.05, 3.63) is 24.4 Å². The number of carbonyl (C=O) groups excluding carboxylic acids is 3. The van der Waals surface area contributed by atoms with Crippen LogP contribution in [0.1, 0.15) is 73.6 Å². The van der Waals surface area contributed by atoms with Crippen molar-refractivity contribution >= 4 is 61.8 Å². The van der Waals surface area contributed by atoms with Gasteiger partial charge in [0.05, 0.1) is 12.7 Å². The summed E-state index contributed by atoms with van der Waals surface area (Å²) in [5.74, 6) is 0.912. The molecule has 1 aromatic heterocycles. The largest absolute Gasteiger partial charge is 0.355 e. The van der Waals surface area contributed by atoms with E-state index in [1.54, 1.807) is 27.8 Å². The third kappa shape index (κ3) is 19.6. The molecule has 0 fully saturated rings. The van der Waals surface area contributed by atoms with Crippen LogP contribution in [-0.4, -0.2) is 71.1 Å². The molecule has 1 heterocycles. The molecule has 3 amide bonds. The first-order valence-corrected chi connectivity index (χ1v) is 18.3. The third-order valence-electron chi connectivity index (χ3n) is 6.07. The Morgan fingerprint density at radius 2 is 1.71 bits per heavy atom. The minimum atomic E-state index is -0.411. The molecule has 1 aromatic rings. The van der Waals surface area contributed by atoms with Crippen LogP contribution < -0.4 is 26.6 Å². The van der Waals surface area contributed by atoms with Gasteiger partial charge in [0.2, 0.25) is 17.7 Å². The fourth-order valence-corrected chi connectivity index (χ4v) is 6.49. The number of hydrogen-bond donors (Lipinski definition) is 6. The smallest absolute Gasteiger partial charge is 0.237 e. The second-order valence-corrected chi connectivity index (χ2v) is 15.9. The standard InChI is InChI=1S/C28H50N6O3S4/c1-21(2)10-16-34-27(3,4)19-24(36)33-20-32-23(35)11-15-29-22(12-18-39-38)26(37)31-17-13-28(5,6)41-40-25-9-7-8-14-30-25/h7-9,14,21-22,29,34,38H,10-13,15-20H2,1-6H3,(H,31,37)(H,32,35)(H,33,36). The van der Waals surface area contributed by atoms with E-state index in [1.807, 2.05) is 32.0 Å². The van der Waals surface area contributed by atoms with E-state index in [0.717, 1.165) is 24.4 Å². The number of rotatable bonds is 22. The molecule has 1 rings (SSSR count). The summed E-state index contributed by atoms with van der Waals surface area (Å²) in [5.41, 5.74) is -0.318. The van der Waals surface area contributed by atoms with Gasteiger partial charge in [-0.15, -0.1) is 11.7 Å². The van der Waals surface area contributed by atoms with E-state index < -0.39 is 6.04 Å². The van der Waals surface area contributed by atoms with Crippen LogP contribution in [0, 0.1) is 5.92 Å². The number of nitrogens with one attached hydrogen (secondary N) is 5. The maximum absolute atomic E-state index is 12.9. The molecule has 0 radical (unpaired) electrons. The quantitative estimate of drug-likeness (QED) is 0.0618. The molecule has 9 nitrogen and oxygen atoms in total. The van der Waals surface area contributed by atoms with Crippen LogP contribution in [0.3, 0.4) is 0 Å². The highest BCUT2D eigenvalue weighted by molar-refractivity contribution is 8.77. The summed E-state index contributed by atoms with van der Waals surface area (Å²) < 4.78 is -0.0487. The Balaban J connectivity index is 2.33. The molecule has 234 valence electrons. The first-order valence-electron chi connectivity index (χ1n) is 14.2. The number of thiol groups is 1. The molecule has 5 N–H and O–H groups in total. The molecule has 0 saturated heterocycles. The van der Waals surface area contributed by atoms with Crippen LogP contribution in [0.5, 0.6) is 0 Å². The van der Waals surface area contributed by atoms with Crippen LogP contribution in [0.15, 0.2) is 29.4 Å². The predicted octanol–water partition coefficient (Wildman–Crippen LogP) is 4.42. The molecule has 0 bridgehead atoms. The molecule has 0 saturated carbocycles. The van der Waals surface area contributed by atoms with Gasteiger partial charge in [-0.05, 0) is 82.3 Å². The number of pyridine rings is 1. The van der Waals surface area contributed by atoms with Gasteiger partial charge >= 0.3 is 0 Å². The average molecular weight is 647 g/mol. The summed E-state index contributed by atoms with van der Waals surface area (Å²) >= 11 is 4.20. The molecule has 0 aliphatic heterocycles. The number of aromatic nitrogens is 1. The Morgan fingerprint density at radius 1 is 0.976 bits per heavy atom. The van der Waals surface area contributed by atoms with Crippen molar-refractivity contribution < 1.29 is 14.4 Å². The highest BCUT2D eigenvalue weighted by Crippen LogP contribution is 2.41. The van der Waals surface area contributed by atoms with Crippen molar-refractivity contribution in [1.29, 1.82) is 0 Å². The molecule has 0 aliphatic rings. The van der Waals surface area contributed by atoms with Crippen molar-refractivity contribution in [1.82, 2.24) is 31.6 Å². The normalized spacial score (nSPS) is 12.7. The fraction of sp³-hybridized carbons (Fsp3) is 0.714. The number of carbonyl (C=O) groups is 3. The molecule has 1 atom stereocenters. The second-order valence-electron chi connectivity index (χ2n) is 11.6. The van der Waals surface area contributed by atoms with E-state index in [0.29, 0.717) is 37.6 Å². The van der Waals surface area contributed by atoms with Crippen LogP contribution in [0.25, 0.3) is 0 Å². The van der Waals surface area contributed by atoms with E-state index in [9.17, 15) is 14.4 Å². The van der Waals surface area contributed by atoms with Gasteiger partial charge in [0, 0.05) is 48.2 Å². The van der Waals surface area contributed by atoms with Gasteiger partial charge in [-0.1, -0.05) is 41.5 Å². The van der Waals surface area contributed by atoms with Crippen LogP contribution in [0.4, 0.5) is 0 Å².